The smallest absolute Gasteiger partial charge is 0.310 e. The van der Waals surface area contributed by atoms with Crippen LogP contribution in [0.2, 0.25) is 0 Å². The van der Waals surface area contributed by atoms with Gasteiger partial charge < -0.3 is 15.6 Å². The van der Waals surface area contributed by atoms with Gasteiger partial charge in [-0.3, -0.25) is 4.79 Å². The fourth-order valence-electron chi connectivity index (χ4n) is 1.61. The molecule has 0 fully saturated rings. The largest absolute Gasteiger partial charge is 0.465 e. The van der Waals surface area contributed by atoms with Crippen LogP contribution in [0.3, 0.4) is 0 Å². The van der Waals surface area contributed by atoms with Crippen molar-refractivity contribution in [3.8, 4) is 0 Å². The molecule has 0 aliphatic carbocycles. The quantitative estimate of drug-likeness (QED) is 0.420. The zero-order valence-corrected chi connectivity index (χ0v) is 10.6. The van der Waals surface area contributed by atoms with Crippen molar-refractivity contribution in [2.24, 2.45) is 0 Å². The number of carbonyl (C=O) groups is 1. The monoisotopic (exact) mass is 251 g/mol. The van der Waals surface area contributed by atoms with Crippen molar-refractivity contribution in [1.29, 1.82) is 0 Å². The number of rotatable bonds is 8. The van der Waals surface area contributed by atoms with Gasteiger partial charge in [0.05, 0.1) is 13.0 Å². The van der Waals surface area contributed by atoms with Crippen LogP contribution >= 0.6 is 0 Å². The van der Waals surface area contributed by atoms with Gasteiger partial charge in [-0.25, -0.2) is 0 Å². The van der Waals surface area contributed by atoms with Crippen molar-refractivity contribution in [2.75, 3.05) is 18.9 Å². The molecular weight excluding hydrogens is 230 g/mol. The number of nitrogen functional groups attached to an aromatic ring is 1. The first-order chi connectivity index (χ1) is 8.72. The van der Waals surface area contributed by atoms with Crippen molar-refractivity contribution >= 4 is 11.7 Å². The number of benzene rings is 1. The SMILES string of the molecule is Nc1ccc(CC(=O)OCCCCCCO)cc1. The molecule has 0 atom stereocenters. The van der Waals surface area contributed by atoms with E-state index in [9.17, 15) is 4.79 Å². The number of aliphatic hydroxyl groups is 1. The fourth-order valence-corrected chi connectivity index (χ4v) is 1.61. The van der Waals surface area contributed by atoms with Gasteiger partial charge in [-0.1, -0.05) is 18.6 Å². The van der Waals surface area contributed by atoms with Crippen molar-refractivity contribution in [1.82, 2.24) is 0 Å². The Morgan fingerprint density at radius 1 is 1.11 bits per heavy atom. The Balaban J connectivity index is 2.12. The fraction of sp³-hybridized carbons (Fsp3) is 0.500. The molecule has 0 saturated carbocycles. The maximum atomic E-state index is 11.5. The molecule has 0 saturated heterocycles. The topological polar surface area (TPSA) is 72.6 Å². The first kappa shape index (κ1) is 14.5. The molecular formula is C14H21NO3. The highest BCUT2D eigenvalue weighted by Gasteiger charge is 2.04. The number of hydrogen-bond donors (Lipinski definition) is 2. The van der Waals surface area contributed by atoms with Crippen molar-refractivity contribution in [3.63, 3.8) is 0 Å². The summed E-state index contributed by atoms with van der Waals surface area (Å²) < 4.78 is 5.12. The van der Waals surface area contributed by atoms with Crippen molar-refractivity contribution < 1.29 is 14.6 Å². The highest BCUT2D eigenvalue weighted by Crippen LogP contribution is 2.07. The molecule has 0 aromatic heterocycles. The third-order valence-corrected chi connectivity index (χ3v) is 2.64. The first-order valence-corrected chi connectivity index (χ1v) is 6.33. The molecule has 18 heavy (non-hydrogen) atoms. The van der Waals surface area contributed by atoms with Crippen molar-refractivity contribution in [3.05, 3.63) is 29.8 Å². The maximum absolute atomic E-state index is 11.5. The maximum Gasteiger partial charge on any atom is 0.310 e. The average molecular weight is 251 g/mol. The van der Waals surface area contributed by atoms with Gasteiger partial charge in [-0.15, -0.1) is 0 Å². The number of anilines is 1. The lowest BCUT2D eigenvalue weighted by atomic mass is 10.1. The van der Waals surface area contributed by atoms with E-state index in [4.69, 9.17) is 15.6 Å². The van der Waals surface area contributed by atoms with E-state index in [1.165, 1.54) is 0 Å². The van der Waals surface area contributed by atoms with Gasteiger partial charge in [0.1, 0.15) is 0 Å². The van der Waals surface area contributed by atoms with Gasteiger partial charge in [0, 0.05) is 12.3 Å². The summed E-state index contributed by atoms with van der Waals surface area (Å²) in [5.41, 5.74) is 7.16. The minimum absolute atomic E-state index is 0.207. The lowest BCUT2D eigenvalue weighted by Gasteiger charge is -2.05. The van der Waals surface area contributed by atoms with E-state index in [0.717, 1.165) is 31.2 Å². The molecule has 0 radical (unpaired) electrons. The summed E-state index contributed by atoms with van der Waals surface area (Å²) >= 11 is 0. The van der Waals surface area contributed by atoms with Crippen LogP contribution in [0.5, 0.6) is 0 Å². The van der Waals surface area contributed by atoms with E-state index >= 15 is 0 Å². The number of unbranched alkanes of at least 4 members (excludes halogenated alkanes) is 3. The second-order valence-corrected chi connectivity index (χ2v) is 4.28. The summed E-state index contributed by atoms with van der Waals surface area (Å²) in [7, 11) is 0. The predicted octanol–water partition coefficient (Wildman–Crippen LogP) is 1.91. The standard InChI is InChI=1S/C14H21NO3/c15-13-7-5-12(6-8-13)11-14(17)18-10-4-2-1-3-9-16/h5-8,16H,1-4,9-11,15H2. The number of aliphatic hydroxyl groups excluding tert-OH is 1. The van der Waals surface area contributed by atoms with Gasteiger partial charge in [0.25, 0.3) is 0 Å². The lowest BCUT2D eigenvalue weighted by Crippen LogP contribution is -2.09. The molecule has 0 spiro atoms. The Kier molecular flexibility index (Phi) is 6.87. The molecule has 100 valence electrons. The summed E-state index contributed by atoms with van der Waals surface area (Å²) in [6.45, 7) is 0.691. The van der Waals surface area contributed by atoms with E-state index in [1.807, 2.05) is 12.1 Å². The van der Waals surface area contributed by atoms with Gasteiger partial charge in [-0.05, 0) is 37.0 Å². The van der Waals surface area contributed by atoms with E-state index in [0.29, 0.717) is 12.3 Å². The number of ether oxygens (including phenoxy) is 1. The first-order valence-electron chi connectivity index (χ1n) is 6.33. The van der Waals surface area contributed by atoms with Crippen LogP contribution in [-0.2, 0) is 16.0 Å². The van der Waals surface area contributed by atoms with E-state index in [2.05, 4.69) is 0 Å². The number of hydrogen-bond acceptors (Lipinski definition) is 4. The zero-order chi connectivity index (χ0) is 13.2. The van der Waals surface area contributed by atoms with Crippen LogP contribution in [-0.4, -0.2) is 24.3 Å². The Morgan fingerprint density at radius 3 is 2.44 bits per heavy atom. The predicted molar refractivity (Wildman–Crippen MR) is 71.1 cm³/mol. The molecule has 4 nitrogen and oxygen atoms in total. The second kappa shape index (κ2) is 8.53. The molecule has 3 N–H and O–H groups in total. The van der Waals surface area contributed by atoms with Crippen LogP contribution < -0.4 is 5.73 Å². The van der Waals surface area contributed by atoms with Gasteiger partial charge >= 0.3 is 5.97 Å². The Morgan fingerprint density at radius 2 is 1.78 bits per heavy atom. The Bertz CT molecular complexity index is 349. The van der Waals surface area contributed by atoms with Gasteiger partial charge in [0.2, 0.25) is 0 Å². The highest BCUT2D eigenvalue weighted by molar-refractivity contribution is 5.72. The number of carbonyl (C=O) groups excluding carboxylic acids is 1. The van der Waals surface area contributed by atoms with Crippen LogP contribution in [0.15, 0.2) is 24.3 Å². The van der Waals surface area contributed by atoms with Gasteiger partial charge in [0.15, 0.2) is 0 Å². The van der Waals surface area contributed by atoms with Gasteiger partial charge in [-0.2, -0.15) is 0 Å². The molecule has 0 heterocycles. The molecule has 1 aromatic carbocycles. The molecule has 4 heteroatoms. The van der Waals surface area contributed by atoms with Crippen LogP contribution in [0.25, 0.3) is 0 Å². The third kappa shape index (κ3) is 6.25. The van der Waals surface area contributed by atoms with Crippen molar-refractivity contribution in [2.45, 2.75) is 32.1 Å². The summed E-state index contributed by atoms with van der Waals surface area (Å²) in [5, 5.41) is 8.60. The molecule has 1 rings (SSSR count). The number of esters is 1. The third-order valence-electron chi connectivity index (χ3n) is 2.64. The Labute approximate surface area is 108 Å². The van der Waals surface area contributed by atoms with E-state index in [1.54, 1.807) is 12.1 Å². The lowest BCUT2D eigenvalue weighted by molar-refractivity contribution is -0.142. The zero-order valence-electron chi connectivity index (χ0n) is 10.6. The minimum atomic E-state index is -0.207. The number of nitrogens with two attached hydrogens (primary N) is 1. The van der Waals surface area contributed by atoms with E-state index < -0.39 is 0 Å². The molecule has 0 aliphatic heterocycles. The molecule has 0 amide bonds. The summed E-state index contributed by atoms with van der Waals surface area (Å²) in [6, 6.07) is 7.21. The molecule has 1 aromatic rings. The second-order valence-electron chi connectivity index (χ2n) is 4.28. The molecule has 0 aliphatic rings. The highest BCUT2D eigenvalue weighted by atomic mass is 16.5. The minimum Gasteiger partial charge on any atom is -0.465 e. The summed E-state index contributed by atoms with van der Waals surface area (Å²) in [6.07, 6.45) is 3.92. The normalized spacial score (nSPS) is 10.3. The van der Waals surface area contributed by atoms with Crippen LogP contribution in [0.1, 0.15) is 31.2 Å². The molecule has 0 unspecified atom stereocenters. The van der Waals surface area contributed by atoms with Crippen LogP contribution in [0, 0.1) is 0 Å². The van der Waals surface area contributed by atoms with Crippen LogP contribution in [0.4, 0.5) is 5.69 Å². The summed E-state index contributed by atoms with van der Waals surface area (Å²) in [5.74, 6) is -0.207. The summed E-state index contributed by atoms with van der Waals surface area (Å²) in [4.78, 5) is 11.5. The van der Waals surface area contributed by atoms with E-state index in [-0.39, 0.29) is 19.0 Å². The average Bonchev–Trinajstić information content (AvgIpc) is 2.36. The Hall–Kier alpha value is -1.55. The molecule has 0 bridgehead atoms.